The highest BCUT2D eigenvalue weighted by atomic mass is 19.2. The van der Waals surface area contributed by atoms with Crippen molar-refractivity contribution < 1.29 is 18.7 Å². The molecule has 1 aromatic heterocycles. The lowest BCUT2D eigenvalue weighted by atomic mass is 9.95. The zero-order chi connectivity index (χ0) is 24.0. The van der Waals surface area contributed by atoms with Gasteiger partial charge in [0.15, 0.2) is 11.6 Å². The second-order valence-corrected chi connectivity index (χ2v) is 9.65. The molecule has 3 heterocycles. The van der Waals surface area contributed by atoms with E-state index in [0.29, 0.717) is 12.1 Å². The zero-order valence-electron chi connectivity index (χ0n) is 19.5. The molecule has 0 radical (unpaired) electrons. The Hall–Kier alpha value is -3.00. The Morgan fingerprint density at radius 3 is 2.65 bits per heavy atom. The number of halogens is 2. The first kappa shape index (κ1) is 22.8. The number of anilines is 1. The number of carboxylic acid groups (broad SMARTS) is 1. The van der Waals surface area contributed by atoms with Gasteiger partial charge in [0.1, 0.15) is 5.82 Å². The number of piperidine rings is 1. The molecule has 2 aromatic carbocycles. The van der Waals surface area contributed by atoms with Crippen LogP contribution in [0.15, 0.2) is 30.3 Å². The van der Waals surface area contributed by atoms with Gasteiger partial charge in [0, 0.05) is 23.6 Å². The number of carbonyl (C=O) groups is 1. The Morgan fingerprint density at radius 1 is 1.18 bits per heavy atom. The van der Waals surface area contributed by atoms with Gasteiger partial charge in [-0.1, -0.05) is 13.0 Å². The highest BCUT2D eigenvalue weighted by Crippen LogP contribution is 2.39. The number of fused-ring (bicyclic) bond motifs is 3. The monoisotopic (exact) mass is 468 g/mol. The smallest absolute Gasteiger partial charge is 0.412 e. The second kappa shape index (κ2) is 8.98. The summed E-state index contributed by atoms with van der Waals surface area (Å²) in [5, 5.41) is 13.2. The molecule has 1 fully saturated rings. The summed E-state index contributed by atoms with van der Waals surface area (Å²) in [5.74, 6) is -0.794. The molecule has 1 amide bonds. The lowest BCUT2D eigenvalue weighted by Crippen LogP contribution is -2.41. The van der Waals surface area contributed by atoms with E-state index in [9.17, 15) is 18.7 Å². The second-order valence-electron chi connectivity index (χ2n) is 9.65. The van der Waals surface area contributed by atoms with Crippen LogP contribution in [0.4, 0.5) is 19.3 Å². The molecule has 8 heteroatoms. The van der Waals surface area contributed by atoms with Crippen LogP contribution in [0.25, 0.3) is 11.0 Å². The molecule has 34 heavy (non-hydrogen) atoms. The Kier molecular flexibility index (Phi) is 6.02. The molecule has 3 aromatic rings. The van der Waals surface area contributed by atoms with E-state index < -0.39 is 17.7 Å². The number of benzene rings is 2. The van der Waals surface area contributed by atoms with Crippen molar-refractivity contribution in [1.29, 1.82) is 0 Å². The van der Waals surface area contributed by atoms with Gasteiger partial charge in [-0.05, 0) is 81.9 Å². The molecule has 0 unspecified atom stereocenters. The minimum atomic E-state index is -0.947. The van der Waals surface area contributed by atoms with E-state index in [1.54, 1.807) is 6.07 Å². The van der Waals surface area contributed by atoms with Crippen molar-refractivity contribution >= 4 is 22.8 Å². The standard InChI is InChI=1S/C26H30F2N4O2/c1-15(13-17-4-6-20(27)21(28)14-17)25-30-24-19-5-3-16(2)31(26(33)34)22(19)7-8-23(24)32(25)18-9-11-29-12-10-18/h4,6-8,14-16,18,29H,3,5,9-13H2,1-2H3,(H,33,34)/t15-,16-/m0/s1. The topological polar surface area (TPSA) is 70.4 Å². The number of aryl methyl sites for hydroxylation is 1. The fourth-order valence-electron chi connectivity index (χ4n) is 5.62. The minimum Gasteiger partial charge on any atom is -0.465 e. The number of nitrogens with one attached hydrogen (secondary N) is 1. The molecule has 0 saturated carbocycles. The Labute approximate surface area is 197 Å². The Balaban J connectivity index is 1.62. The maximum absolute atomic E-state index is 13.8. The van der Waals surface area contributed by atoms with Gasteiger partial charge in [0.05, 0.1) is 16.7 Å². The molecule has 180 valence electrons. The van der Waals surface area contributed by atoms with E-state index in [1.807, 2.05) is 19.1 Å². The van der Waals surface area contributed by atoms with E-state index in [4.69, 9.17) is 4.98 Å². The normalized spacial score (nSPS) is 19.9. The summed E-state index contributed by atoms with van der Waals surface area (Å²) < 4.78 is 29.6. The summed E-state index contributed by atoms with van der Waals surface area (Å²) in [6.45, 7) is 5.86. The maximum Gasteiger partial charge on any atom is 0.412 e. The largest absolute Gasteiger partial charge is 0.465 e. The van der Waals surface area contributed by atoms with Crippen LogP contribution in [0.2, 0.25) is 0 Å². The van der Waals surface area contributed by atoms with E-state index in [-0.39, 0.29) is 18.0 Å². The molecule has 2 N–H and O–H groups in total. The zero-order valence-corrected chi connectivity index (χ0v) is 19.5. The summed E-state index contributed by atoms with van der Waals surface area (Å²) in [6.07, 6.45) is 3.07. The minimum absolute atomic E-state index is 0.0270. The molecule has 0 aliphatic carbocycles. The van der Waals surface area contributed by atoms with Crippen LogP contribution in [-0.2, 0) is 12.8 Å². The van der Waals surface area contributed by atoms with Crippen LogP contribution in [-0.4, -0.2) is 39.9 Å². The highest BCUT2D eigenvalue weighted by molar-refractivity contribution is 5.94. The third-order valence-electron chi connectivity index (χ3n) is 7.33. The van der Waals surface area contributed by atoms with Crippen LogP contribution in [0, 0.1) is 11.6 Å². The summed E-state index contributed by atoms with van der Waals surface area (Å²) >= 11 is 0. The predicted octanol–water partition coefficient (Wildman–Crippen LogP) is 5.40. The summed E-state index contributed by atoms with van der Waals surface area (Å²) in [4.78, 5) is 18.5. The molecule has 6 nitrogen and oxygen atoms in total. The predicted molar refractivity (Wildman–Crippen MR) is 128 cm³/mol. The summed E-state index contributed by atoms with van der Waals surface area (Å²) in [7, 11) is 0. The molecule has 1 saturated heterocycles. The average molecular weight is 469 g/mol. The highest BCUT2D eigenvalue weighted by Gasteiger charge is 2.32. The average Bonchev–Trinajstić information content (AvgIpc) is 3.21. The van der Waals surface area contributed by atoms with Crippen LogP contribution in [0.3, 0.4) is 0 Å². The van der Waals surface area contributed by atoms with Crippen molar-refractivity contribution in [2.75, 3.05) is 18.0 Å². The van der Waals surface area contributed by atoms with Gasteiger partial charge in [-0.15, -0.1) is 0 Å². The van der Waals surface area contributed by atoms with Crippen molar-refractivity contribution in [3.63, 3.8) is 0 Å². The van der Waals surface area contributed by atoms with Gasteiger partial charge < -0.3 is 15.0 Å². The van der Waals surface area contributed by atoms with Crippen LogP contribution >= 0.6 is 0 Å². The quantitative estimate of drug-likeness (QED) is 0.538. The van der Waals surface area contributed by atoms with Crippen LogP contribution in [0.1, 0.15) is 62.0 Å². The molecular weight excluding hydrogens is 438 g/mol. The molecule has 5 rings (SSSR count). The van der Waals surface area contributed by atoms with E-state index in [2.05, 4.69) is 16.8 Å². The number of hydrogen-bond acceptors (Lipinski definition) is 3. The van der Waals surface area contributed by atoms with Crippen molar-refractivity contribution in [3.05, 3.63) is 58.9 Å². The van der Waals surface area contributed by atoms with E-state index in [1.165, 1.54) is 17.0 Å². The number of nitrogens with zero attached hydrogens (tertiary/aromatic N) is 3. The molecule has 0 spiro atoms. The van der Waals surface area contributed by atoms with Crippen LogP contribution < -0.4 is 10.2 Å². The number of amides is 1. The molecule has 2 aliphatic rings. The molecule has 2 atom stereocenters. The van der Waals surface area contributed by atoms with Crippen molar-refractivity contribution in [2.24, 2.45) is 0 Å². The molecule has 0 bridgehead atoms. The fourth-order valence-corrected chi connectivity index (χ4v) is 5.62. The van der Waals surface area contributed by atoms with Crippen LogP contribution in [0.5, 0.6) is 0 Å². The van der Waals surface area contributed by atoms with Gasteiger partial charge in [0.2, 0.25) is 0 Å². The number of aromatic nitrogens is 2. The molecular formula is C26H30F2N4O2. The van der Waals surface area contributed by atoms with Gasteiger partial charge in [-0.25, -0.2) is 18.6 Å². The van der Waals surface area contributed by atoms with E-state index in [0.717, 1.165) is 66.8 Å². The van der Waals surface area contributed by atoms with Crippen molar-refractivity contribution in [2.45, 2.75) is 64.0 Å². The number of hydrogen-bond donors (Lipinski definition) is 2. The van der Waals surface area contributed by atoms with Gasteiger partial charge in [0.25, 0.3) is 0 Å². The van der Waals surface area contributed by atoms with Gasteiger partial charge >= 0.3 is 6.09 Å². The maximum atomic E-state index is 13.8. The third-order valence-corrected chi connectivity index (χ3v) is 7.33. The Bertz CT molecular complexity index is 1240. The van der Waals surface area contributed by atoms with E-state index >= 15 is 0 Å². The first-order valence-corrected chi connectivity index (χ1v) is 12.1. The lowest BCUT2D eigenvalue weighted by molar-refractivity contribution is 0.198. The van der Waals surface area contributed by atoms with Gasteiger partial charge in [-0.3, -0.25) is 4.90 Å². The number of imidazole rings is 1. The first-order valence-electron chi connectivity index (χ1n) is 12.1. The SMILES string of the molecule is C[C@@H](Cc1ccc(F)c(F)c1)c1nc2c3c(ccc2n1C1CCNCC1)N(C(=O)O)[C@@H](C)CC3. The van der Waals surface area contributed by atoms with Crippen molar-refractivity contribution in [3.8, 4) is 0 Å². The third kappa shape index (κ3) is 3.94. The summed E-state index contributed by atoms with van der Waals surface area (Å²) in [5.41, 5.74) is 4.31. The van der Waals surface area contributed by atoms with Crippen molar-refractivity contribution in [1.82, 2.24) is 14.9 Å². The summed E-state index contributed by atoms with van der Waals surface area (Å²) in [6, 6.07) is 8.18. The molecule has 2 aliphatic heterocycles. The lowest BCUT2D eigenvalue weighted by Gasteiger charge is -2.33. The fraction of sp³-hybridized carbons (Fsp3) is 0.462. The van der Waals surface area contributed by atoms with Gasteiger partial charge in [-0.2, -0.15) is 0 Å². The Morgan fingerprint density at radius 2 is 1.94 bits per heavy atom. The number of rotatable bonds is 4. The first-order chi connectivity index (χ1) is 16.3.